The van der Waals surface area contributed by atoms with Crippen molar-refractivity contribution in [1.29, 1.82) is 0 Å². The highest BCUT2D eigenvalue weighted by Gasteiger charge is 2.52. The number of nitrogens with two attached hydrogens (primary N) is 1. The summed E-state index contributed by atoms with van der Waals surface area (Å²) in [4.78, 5) is 70.3. The number of carbonyl (C=O) groups is 4. The van der Waals surface area contributed by atoms with Crippen LogP contribution in [-0.2, 0) is 18.9 Å². The minimum atomic E-state index is -1.50. The number of amides is 1. The molecule has 0 unspecified atom stereocenters. The fraction of sp³-hybridized carbons (Fsp3) is 0.135. The first-order valence-corrected chi connectivity index (χ1v) is 15.2. The first-order chi connectivity index (χ1) is 23.8. The van der Waals surface area contributed by atoms with Crippen LogP contribution in [0.1, 0.15) is 47.8 Å². The Balaban J connectivity index is 1.44. The van der Waals surface area contributed by atoms with Crippen LogP contribution in [0.3, 0.4) is 0 Å². The smallest absolute Gasteiger partial charge is 0.338 e. The van der Waals surface area contributed by atoms with Gasteiger partial charge in [0.1, 0.15) is 12.7 Å². The second kappa shape index (κ2) is 14.6. The number of primary amides is 1. The third kappa shape index (κ3) is 7.29. The first-order valence-electron chi connectivity index (χ1n) is 15.2. The maximum Gasteiger partial charge on any atom is 0.338 e. The van der Waals surface area contributed by atoms with Gasteiger partial charge in [-0.2, -0.15) is 0 Å². The first kappa shape index (κ1) is 32.5. The zero-order chi connectivity index (χ0) is 34.3. The molecule has 5 aromatic rings. The second-order valence-corrected chi connectivity index (χ2v) is 10.9. The van der Waals surface area contributed by atoms with Crippen LogP contribution in [-0.4, -0.2) is 58.3 Å². The summed E-state index contributed by atoms with van der Waals surface area (Å²) >= 11 is 0. The zero-order valence-corrected chi connectivity index (χ0v) is 25.8. The zero-order valence-electron chi connectivity index (χ0n) is 25.8. The Morgan fingerprint density at radius 1 is 0.673 bits per heavy atom. The van der Waals surface area contributed by atoms with Crippen LogP contribution < -0.4 is 11.3 Å². The summed E-state index contributed by atoms with van der Waals surface area (Å²) in [6.45, 7) is -0.468. The van der Waals surface area contributed by atoms with Gasteiger partial charge in [-0.05, 0) is 36.4 Å². The van der Waals surface area contributed by atoms with Gasteiger partial charge in [-0.15, -0.1) is 0 Å². The highest BCUT2D eigenvalue weighted by atomic mass is 16.7. The Kier molecular flexibility index (Phi) is 9.68. The molecule has 1 aromatic heterocycles. The lowest BCUT2D eigenvalue weighted by molar-refractivity contribution is -0.0635. The van der Waals surface area contributed by atoms with E-state index in [1.807, 2.05) is 0 Å². The van der Waals surface area contributed by atoms with E-state index in [1.54, 1.807) is 97.1 Å². The van der Waals surface area contributed by atoms with Gasteiger partial charge in [-0.1, -0.05) is 84.9 Å². The van der Waals surface area contributed by atoms with Crippen molar-refractivity contribution in [1.82, 2.24) is 9.55 Å². The Morgan fingerprint density at radius 2 is 1.14 bits per heavy atom. The van der Waals surface area contributed by atoms with Gasteiger partial charge in [-0.25, -0.2) is 19.4 Å². The monoisotopic (exact) mass is 659 g/mol. The largest absolute Gasteiger partial charge is 0.459 e. The van der Waals surface area contributed by atoms with Crippen LogP contribution in [0.15, 0.2) is 132 Å². The van der Waals surface area contributed by atoms with E-state index < -0.39 is 66.2 Å². The molecule has 0 spiro atoms. The molecule has 2 heterocycles. The van der Waals surface area contributed by atoms with E-state index in [9.17, 15) is 24.0 Å². The molecular weight excluding hydrogens is 630 g/mol. The highest BCUT2D eigenvalue weighted by Crippen LogP contribution is 2.35. The van der Waals surface area contributed by atoms with Gasteiger partial charge in [0.05, 0.1) is 22.4 Å². The number of nitrogens with zero attached hydrogens (tertiary/aromatic N) is 2. The number of benzene rings is 4. The third-order valence-corrected chi connectivity index (χ3v) is 7.69. The molecule has 49 heavy (non-hydrogen) atoms. The van der Waals surface area contributed by atoms with Gasteiger partial charge in [-0.3, -0.25) is 14.2 Å². The van der Waals surface area contributed by atoms with E-state index >= 15 is 0 Å². The molecule has 4 atom stereocenters. The quantitative estimate of drug-likeness (QED) is 0.169. The molecule has 0 saturated carbocycles. The van der Waals surface area contributed by atoms with Crippen LogP contribution in [0.4, 0.5) is 0 Å². The SMILES string of the molecule is NC(=O)c1nc(-c2ccccc2)cn([C@@H]2O[C@H](COC(=O)c3ccccc3)[C@@H](OC(=O)c3ccccc3)[C@H]2OC(=O)c2ccccc2)c1=O. The van der Waals surface area contributed by atoms with Gasteiger partial charge < -0.3 is 24.7 Å². The van der Waals surface area contributed by atoms with Gasteiger partial charge >= 0.3 is 17.9 Å². The van der Waals surface area contributed by atoms with Crippen LogP contribution in [0.2, 0.25) is 0 Å². The fourth-order valence-corrected chi connectivity index (χ4v) is 5.29. The summed E-state index contributed by atoms with van der Waals surface area (Å²) in [5.41, 5.74) is 5.34. The predicted octanol–water partition coefficient (Wildman–Crippen LogP) is 4.21. The number of hydrogen-bond donors (Lipinski definition) is 1. The summed E-state index contributed by atoms with van der Waals surface area (Å²) in [5.74, 6) is -3.41. The minimum Gasteiger partial charge on any atom is -0.459 e. The van der Waals surface area contributed by atoms with Crippen LogP contribution in [0, 0.1) is 0 Å². The molecule has 0 radical (unpaired) electrons. The van der Waals surface area contributed by atoms with E-state index in [1.165, 1.54) is 30.5 Å². The summed E-state index contributed by atoms with van der Waals surface area (Å²) in [5, 5.41) is 0. The molecular formula is C37H29N3O9. The normalized spacial score (nSPS) is 18.3. The van der Waals surface area contributed by atoms with Gasteiger partial charge in [0.2, 0.25) is 0 Å². The number of hydrogen-bond acceptors (Lipinski definition) is 10. The second-order valence-electron chi connectivity index (χ2n) is 10.9. The highest BCUT2D eigenvalue weighted by molar-refractivity contribution is 5.92. The number of esters is 3. The molecule has 4 aromatic carbocycles. The van der Waals surface area contributed by atoms with Crippen molar-refractivity contribution in [3.8, 4) is 11.3 Å². The average molecular weight is 660 g/mol. The molecule has 0 bridgehead atoms. The lowest BCUT2D eigenvalue weighted by Gasteiger charge is -2.25. The van der Waals surface area contributed by atoms with Crippen molar-refractivity contribution in [2.24, 2.45) is 5.73 Å². The number of aromatic nitrogens is 2. The standard InChI is InChI=1S/C37H29N3O9/c38-32(41)29-33(42)40(21-27(39-29)23-13-5-1-6-14-23)34-31(49-37(45)26-19-11-4-12-20-26)30(48-36(44)25-17-9-3-10-18-25)28(47-34)22-46-35(43)24-15-7-2-8-16-24/h1-21,28,30-31,34H,22H2,(H2,38,41)/t28-,30-,31-,34-/m1/s1. The van der Waals surface area contributed by atoms with Gasteiger partial charge in [0, 0.05) is 11.8 Å². The Morgan fingerprint density at radius 3 is 1.65 bits per heavy atom. The third-order valence-electron chi connectivity index (χ3n) is 7.69. The maximum absolute atomic E-state index is 13.8. The van der Waals surface area contributed by atoms with Crippen molar-refractivity contribution in [3.05, 3.63) is 160 Å². The summed E-state index contributed by atoms with van der Waals surface area (Å²) in [6, 6.07) is 33.0. The fourth-order valence-electron chi connectivity index (χ4n) is 5.29. The van der Waals surface area contributed by atoms with E-state index in [0.717, 1.165) is 4.57 Å². The van der Waals surface area contributed by atoms with Gasteiger partial charge in [0.25, 0.3) is 11.5 Å². The van der Waals surface area contributed by atoms with Crippen molar-refractivity contribution >= 4 is 23.8 Å². The van der Waals surface area contributed by atoms with E-state index in [-0.39, 0.29) is 22.4 Å². The lowest BCUT2D eigenvalue weighted by atomic mass is 10.1. The Bertz CT molecular complexity index is 2020. The molecule has 0 aliphatic carbocycles. The maximum atomic E-state index is 13.8. The van der Waals surface area contributed by atoms with E-state index in [2.05, 4.69) is 4.98 Å². The number of ether oxygens (including phenoxy) is 4. The van der Waals surface area contributed by atoms with Gasteiger partial charge in [0.15, 0.2) is 24.1 Å². The van der Waals surface area contributed by atoms with Crippen molar-refractivity contribution < 1.29 is 38.1 Å². The topological polar surface area (TPSA) is 166 Å². The molecule has 246 valence electrons. The number of rotatable bonds is 10. The molecule has 1 saturated heterocycles. The molecule has 1 aliphatic rings. The molecule has 6 rings (SSSR count). The van der Waals surface area contributed by atoms with E-state index in [0.29, 0.717) is 5.56 Å². The molecule has 1 aliphatic heterocycles. The van der Waals surface area contributed by atoms with Crippen molar-refractivity contribution in [2.75, 3.05) is 6.61 Å². The number of carbonyl (C=O) groups excluding carboxylic acids is 4. The molecule has 12 nitrogen and oxygen atoms in total. The lowest BCUT2D eigenvalue weighted by Crippen LogP contribution is -2.43. The van der Waals surface area contributed by atoms with Crippen LogP contribution in [0.25, 0.3) is 11.3 Å². The Hall–Kier alpha value is -6.40. The Labute approximate surface area is 279 Å². The van der Waals surface area contributed by atoms with Crippen molar-refractivity contribution in [2.45, 2.75) is 24.5 Å². The van der Waals surface area contributed by atoms with Crippen LogP contribution in [0.5, 0.6) is 0 Å². The molecule has 12 heteroatoms. The van der Waals surface area contributed by atoms with E-state index in [4.69, 9.17) is 24.7 Å². The van der Waals surface area contributed by atoms with Crippen molar-refractivity contribution in [3.63, 3.8) is 0 Å². The molecule has 2 N–H and O–H groups in total. The molecule has 1 fully saturated rings. The molecule has 1 amide bonds. The van der Waals surface area contributed by atoms with Crippen LogP contribution >= 0.6 is 0 Å². The summed E-state index contributed by atoms with van der Waals surface area (Å²) in [6.07, 6.45) is -4.34. The minimum absolute atomic E-state index is 0.165. The predicted molar refractivity (Wildman–Crippen MR) is 174 cm³/mol. The average Bonchev–Trinajstić information content (AvgIpc) is 3.47. The summed E-state index contributed by atoms with van der Waals surface area (Å²) < 4.78 is 24.8. The summed E-state index contributed by atoms with van der Waals surface area (Å²) in [7, 11) is 0.